The molecule has 0 atom stereocenters. The molecule has 6 bridgehead atoms. The Morgan fingerprint density at radius 1 is 0.647 bits per heavy atom. The Balaban J connectivity index is 0.000000136. The lowest BCUT2D eigenvalue weighted by Crippen LogP contribution is -2.28. The third-order valence-corrected chi connectivity index (χ3v) is 11.3. The highest BCUT2D eigenvalue weighted by Crippen LogP contribution is 2.41. The third kappa shape index (κ3) is 8.66. The van der Waals surface area contributed by atoms with E-state index in [0.29, 0.717) is 17.6 Å². The number of nitrogens with one attached hydrogen (secondary N) is 1. The summed E-state index contributed by atoms with van der Waals surface area (Å²) in [6.07, 6.45) is 20.2. The zero-order valence-corrected chi connectivity index (χ0v) is 30.4. The first-order valence-corrected chi connectivity index (χ1v) is 17.9. The Labute approximate surface area is 304 Å². The van der Waals surface area contributed by atoms with E-state index in [1.54, 1.807) is 13.1 Å². The average molecular weight is 726 g/mol. The lowest BCUT2D eigenvalue weighted by atomic mass is 10.0. The third-order valence-electron chi connectivity index (χ3n) is 11.3. The van der Waals surface area contributed by atoms with Gasteiger partial charge in [0.15, 0.2) is 0 Å². The van der Waals surface area contributed by atoms with E-state index in [9.17, 15) is 24.6 Å². The van der Waals surface area contributed by atoms with Gasteiger partial charge in [-0.1, -0.05) is 0 Å². The number of hydrogen-bond acceptors (Lipinski definition) is 11. The predicted molar refractivity (Wildman–Crippen MR) is 198 cm³/mol. The number of nitrogens with zero attached hydrogens (tertiary/aromatic N) is 7. The zero-order chi connectivity index (χ0) is 35.5. The molecule has 0 radical (unpaired) electrons. The van der Waals surface area contributed by atoms with Crippen LogP contribution in [-0.4, -0.2) is 61.0 Å². The topological polar surface area (TPSA) is 169 Å². The van der Waals surface area contributed by atoms with Gasteiger partial charge in [-0.15, -0.1) is 12.4 Å². The molecule has 6 fully saturated rings. The maximum atomic E-state index is 12.3. The molecule has 276 valence electrons. The summed E-state index contributed by atoms with van der Waals surface area (Å²) in [5, 5.41) is 24.5. The minimum atomic E-state index is -0.701. The second-order valence-electron chi connectivity index (χ2n) is 14.5. The van der Waals surface area contributed by atoms with Crippen molar-refractivity contribution in [3.8, 4) is 0 Å². The first-order chi connectivity index (χ1) is 24.0. The highest BCUT2D eigenvalue weighted by Gasteiger charge is 2.41. The van der Waals surface area contributed by atoms with Crippen LogP contribution in [0.25, 0.3) is 0 Å². The minimum absolute atomic E-state index is 0. The van der Waals surface area contributed by atoms with Crippen molar-refractivity contribution in [1.82, 2.24) is 20.3 Å². The molecule has 6 aliphatic rings. The Morgan fingerprint density at radius 2 is 1.02 bits per heavy atom. The van der Waals surface area contributed by atoms with Crippen LogP contribution in [0.2, 0.25) is 0 Å². The summed E-state index contributed by atoms with van der Waals surface area (Å²) >= 11 is 0. The highest BCUT2D eigenvalue weighted by molar-refractivity contribution is 5.85. The van der Waals surface area contributed by atoms with Gasteiger partial charge in [-0.2, -0.15) is 4.39 Å². The summed E-state index contributed by atoms with van der Waals surface area (Å²) in [5.74, 6) is 1.35. The standard InChI is InChI=1S/C12H15N3O2.C12H17N3.C6H5FN2O2.C6H11N.ClH/c1-8-6-12(13-7-11(8)15(16)17)14-9-2-3-10(14)5-4-9;1-8-6-12(14-7-11(8)13)15-9-2-3-10(15)5-4-9;1-4-2-6(7)8-3-5(4)9(10)11;1-2-6-4-3-5(1)7-6;/h6-7,9-10H,2-5H2,1H3;6-7,9-10H,2-5,13H2,1H3;2-3H,1H3;5-7H,1-4H2;1H. The van der Waals surface area contributed by atoms with Gasteiger partial charge >= 0.3 is 0 Å². The van der Waals surface area contributed by atoms with Crippen molar-refractivity contribution in [2.45, 2.75) is 134 Å². The highest BCUT2D eigenvalue weighted by atomic mass is 35.5. The van der Waals surface area contributed by atoms with Crippen LogP contribution in [0.4, 0.5) is 33.1 Å². The minimum Gasteiger partial charge on any atom is -0.397 e. The van der Waals surface area contributed by atoms with Gasteiger partial charge in [0.25, 0.3) is 11.4 Å². The molecule has 0 saturated carbocycles. The summed E-state index contributed by atoms with van der Waals surface area (Å²) in [6, 6.07) is 9.55. The van der Waals surface area contributed by atoms with Gasteiger partial charge in [-0.25, -0.2) is 15.0 Å². The molecule has 0 unspecified atom stereocenters. The van der Waals surface area contributed by atoms with Crippen molar-refractivity contribution < 1.29 is 14.2 Å². The van der Waals surface area contributed by atoms with Crippen LogP contribution in [0.15, 0.2) is 36.8 Å². The van der Waals surface area contributed by atoms with Crippen LogP contribution >= 0.6 is 12.4 Å². The van der Waals surface area contributed by atoms with Crippen LogP contribution in [0.5, 0.6) is 0 Å². The fourth-order valence-electron chi connectivity index (χ4n) is 8.60. The number of nitrogens with two attached hydrogens (primary N) is 1. The van der Waals surface area contributed by atoms with Crippen molar-refractivity contribution in [3.05, 3.63) is 79.7 Å². The van der Waals surface area contributed by atoms with Crippen LogP contribution in [0.1, 0.15) is 93.7 Å². The van der Waals surface area contributed by atoms with Crippen molar-refractivity contribution in [2.24, 2.45) is 0 Å². The number of nitro groups is 2. The van der Waals surface area contributed by atoms with Gasteiger partial charge in [0.2, 0.25) is 5.95 Å². The molecule has 3 N–H and O–H groups in total. The molecule has 51 heavy (non-hydrogen) atoms. The molecule has 6 saturated heterocycles. The van der Waals surface area contributed by atoms with Crippen molar-refractivity contribution in [1.29, 1.82) is 0 Å². The molecule has 3 aromatic heterocycles. The van der Waals surface area contributed by atoms with Crippen LogP contribution in [0, 0.1) is 46.9 Å². The lowest BCUT2D eigenvalue weighted by Gasteiger charge is -2.23. The SMILES string of the molecule is C1CC2CCC1N2.Cc1cc(F)ncc1[N+](=O)[O-].Cc1cc(N2C3CCC2CC3)ncc1N.Cc1cc(N2C3CCC2CC3)ncc1[N+](=O)[O-].Cl. The summed E-state index contributed by atoms with van der Waals surface area (Å²) in [5.41, 5.74) is 8.66. The monoisotopic (exact) mass is 725 g/mol. The first kappa shape index (κ1) is 38.1. The molecule has 0 aliphatic carbocycles. The van der Waals surface area contributed by atoms with E-state index < -0.39 is 10.9 Å². The zero-order valence-electron chi connectivity index (χ0n) is 29.5. The fourth-order valence-corrected chi connectivity index (χ4v) is 8.60. The molecule has 6 aliphatic heterocycles. The molecule has 15 heteroatoms. The summed E-state index contributed by atoms with van der Waals surface area (Å²) in [6.45, 7) is 5.29. The smallest absolute Gasteiger partial charge is 0.290 e. The molecule has 9 heterocycles. The van der Waals surface area contributed by atoms with Crippen LogP contribution in [0.3, 0.4) is 0 Å². The number of anilines is 3. The van der Waals surface area contributed by atoms with E-state index >= 15 is 0 Å². The molecule has 9 rings (SSSR count). The van der Waals surface area contributed by atoms with Crippen molar-refractivity contribution in [2.75, 3.05) is 15.5 Å². The van der Waals surface area contributed by atoms with E-state index in [4.69, 9.17) is 5.73 Å². The number of fused-ring (bicyclic) bond motifs is 6. The molecular formula is C36H49ClFN9O4. The maximum Gasteiger partial charge on any atom is 0.290 e. The normalized spacial score (nSPS) is 26.0. The predicted octanol–water partition coefficient (Wildman–Crippen LogP) is 7.29. The molecule has 3 aromatic rings. The average Bonchev–Trinajstić information content (AvgIpc) is 3.96. The largest absolute Gasteiger partial charge is 0.397 e. The van der Waals surface area contributed by atoms with Crippen molar-refractivity contribution in [3.63, 3.8) is 0 Å². The van der Waals surface area contributed by atoms with Crippen molar-refractivity contribution >= 4 is 41.1 Å². The number of rotatable bonds is 4. The van der Waals surface area contributed by atoms with E-state index in [1.165, 1.54) is 90.2 Å². The molecule has 0 amide bonds. The maximum absolute atomic E-state index is 12.3. The first-order valence-electron chi connectivity index (χ1n) is 17.9. The lowest BCUT2D eigenvalue weighted by molar-refractivity contribution is -0.385. The van der Waals surface area contributed by atoms with E-state index in [2.05, 4.69) is 43.1 Å². The Morgan fingerprint density at radius 3 is 1.35 bits per heavy atom. The van der Waals surface area contributed by atoms with Gasteiger partial charge in [-0.3, -0.25) is 20.2 Å². The van der Waals surface area contributed by atoms with Gasteiger partial charge in [0, 0.05) is 53.4 Å². The van der Waals surface area contributed by atoms with Gasteiger partial charge in [0.1, 0.15) is 24.0 Å². The Bertz CT molecular complexity index is 1660. The number of aromatic nitrogens is 3. The van der Waals surface area contributed by atoms with Gasteiger partial charge in [0.05, 0.1) is 21.7 Å². The summed E-state index contributed by atoms with van der Waals surface area (Å²) in [7, 11) is 0. The summed E-state index contributed by atoms with van der Waals surface area (Å²) in [4.78, 5) is 36.7. The van der Waals surface area contributed by atoms with Gasteiger partial charge in [-0.05, 0) is 116 Å². The fraction of sp³-hybridized carbons (Fsp3) is 0.583. The Kier molecular flexibility index (Phi) is 12.3. The number of hydrogen-bond donors (Lipinski definition) is 2. The second kappa shape index (κ2) is 16.4. The van der Waals surface area contributed by atoms with Crippen LogP contribution in [-0.2, 0) is 0 Å². The van der Waals surface area contributed by atoms with Gasteiger partial charge < -0.3 is 20.9 Å². The number of pyridine rings is 3. The molecular weight excluding hydrogens is 677 g/mol. The van der Waals surface area contributed by atoms with E-state index in [0.717, 1.165) is 59.3 Å². The van der Waals surface area contributed by atoms with Crippen LogP contribution < -0.4 is 20.9 Å². The van der Waals surface area contributed by atoms with E-state index in [-0.39, 0.29) is 34.3 Å². The number of aryl methyl sites for hydroxylation is 3. The summed E-state index contributed by atoms with van der Waals surface area (Å²) < 4.78 is 12.3. The number of nitrogen functional groups attached to an aromatic ring is 1. The second-order valence-corrected chi connectivity index (χ2v) is 14.5. The Hall–Kier alpha value is -4.17. The quantitative estimate of drug-likeness (QED) is 0.157. The van der Waals surface area contributed by atoms with E-state index in [1.807, 2.05) is 6.07 Å². The number of halogens is 2. The molecule has 13 nitrogen and oxygen atoms in total. The molecule has 0 aromatic carbocycles. The molecule has 0 spiro atoms.